The molecule has 0 fully saturated rings. The van der Waals surface area contributed by atoms with Gasteiger partial charge in [0.25, 0.3) is 0 Å². The normalized spacial score (nSPS) is 12.1. The molecule has 1 aromatic heterocycles. The SMILES string of the molecule is CCC(CCC(=O)O)C(=O)On1c(O)ccc1O. The van der Waals surface area contributed by atoms with Crippen LogP contribution in [0.3, 0.4) is 0 Å². The van der Waals surface area contributed by atoms with Crippen molar-refractivity contribution in [1.29, 1.82) is 0 Å². The van der Waals surface area contributed by atoms with Gasteiger partial charge in [0.15, 0.2) is 0 Å². The molecule has 1 unspecified atom stereocenters. The summed E-state index contributed by atoms with van der Waals surface area (Å²) in [5.41, 5.74) is 0. The van der Waals surface area contributed by atoms with E-state index >= 15 is 0 Å². The molecule has 0 saturated heterocycles. The molecule has 7 nitrogen and oxygen atoms in total. The maximum Gasteiger partial charge on any atom is 0.336 e. The fourth-order valence-corrected chi connectivity index (χ4v) is 1.45. The number of carboxylic acid groups (broad SMARTS) is 1. The molecule has 7 heteroatoms. The van der Waals surface area contributed by atoms with Gasteiger partial charge in [-0.15, -0.1) is 4.73 Å². The molecule has 18 heavy (non-hydrogen) atoms. The van der Waals surface area contributed by atoms with Crippen LogP contribution in [0, 0.1) is 5.92 Å². The minimum absolute atomic E-state index is 0.142. The first-order chi connectivity index (χ1) is 8.45. The van der Waals surface area contributed by atoms with Crippen LogP contribution in [-0.2, 0) is 9.59 Å². The lowest BCUT2D eigenvalue weighted by atomic mass is 10.0. The van der Waals surface area contributed by atoms with Gasteiger partial charge in [-0.3, -0.25) is 4.79 Å². The molecule has 0 bridgehead atoms. The number of carboxylic acids is 1. The van der Waals surface area contributed by atoms with Crippen LogP contribution in [0.15, 0.2) is 12.1 Å². The van der Waals surface area contributed by atoms with Gasteiger partial charge >= 0.3 is 11.9 Å². The number of hydrogen-bond donors (Lipinski definition) is 3. The Bertz CT molecular complexity index is 419. The summed E-state index contributed by atoms with van der Waals surface area (Å²) < 4.78 is 0.589. The van der Waals surface area contributed by atoms with E-state index in [-0.39, 0.29) is 12.8 Å². The van der Waals surface area contributed by atoms with Crippen molar-refractivity contribution >= 4 is 11.9 Å². The first-order valence-electron chi connectivity index (χ1n) is 5.49. The third-order valence-electron chi connectivity index (χ3n) is 2.51. The predicted molar refractivity (Wildman–Crippen MR) is 60.0 cm³/mol. The Morgan fingerprint density at radius 1 is 1.33 bits per heavy atom. The average Bonchev–Trinajstić information content (AvgIpc) is 2.61. The van der Waals surface area contributed by atoms with Crippen molar-refractivity contribution in [3.63, 3.8) is 0 Å². The lowest BCUT2D eigenvalue weighted by Gasteiger charge is -2.13. The van der Waals surface area contributed by atoms with Gasteiger partial charge in [0.2, 0.25) is 11.8 Å². The standard InChI is InChI=1S/C11H15NO6/c1-2-7(3-6-10(15)16)11(17)18-12-8(13)4-5-9(12)14/h4-5,7,13-14H,2-3,6H2,1H3,(H,15,16). The monoisotopic (exact) mass is 257 g/mol. The van der Waals surface area contributed by atoms with Gasteiger partial charge in [0.1, 0.15) is 0 Å². The highest BCUT2D eigenvalue weighted by molar-refractivity contribution is 5.74. The van der Waals surface area contributed by atoms with Crippen LogP contribution in [0.5, 0.6) is 11.8 Å². The predicted octanol–water partition coefficient (Wildman–Crippen LogP) is 0.745. The summed E-state index contributed by atoms with van der Waals surface area (Å²) in [6, 6.07) is 2.33. The molecular formula is C11H15NO6. The zero-order valence-electron chi connectivity index (χ0n) is 9.87. The van der Waals surface area contributed by atoms with E-state index in [4.69, 9.17) is 9.94 Å². The molecule has 0 aliphatic heterocycles. The van der Waals surface area contributed by atoms with Crippen molar-refractivity contribution in [2.24, 2.45) is 5.92 Å². The maximum atomic E-state index is 11.7. The maximum absolute atomic E-state index is 11.7. The van der Waals surface area contributed by atoms with E-state index < -0.39 is 29.6 Å². The van der Waals surface area contributed by atoms with Gasteiger partial charge < -0.3 is 20.2 Å². The second-order valence-electron chi connectivity index (χ2n) is 3.79. The molecule has 0 aliphatic carbocycles. The molecule has 0 spiro atoms. The largest absolute Gasteiger partial charge is 0.492 e. The van der Waals surface area contributed by atoms with Crippen molar-refractivity contribution in [3.8, 4) is 11.8 Å². The van der Waals surface area contributed by atoms with Gasteiger partial charge in [0.05, 0.1) is 5.92 Å². The van der Waals surface area contributed by atoms with Gasteiger partial charge in [-0.25, -0.2) is 4.79 Å². The van der Waals surface area contributed by atoms with Crippen molar-refractivity contribution in [1.82, 2.24) is 4.73 Å². The Kier molecular flexibility index (Phi) is 4.59. The molecule has 0 aromatic carbocycles. The third-order valence-corrected chi connectivity index (χ3v) is 2.51. The molecule has 0 radical (unpaired) electrons. The van der Waals surface area contributed by atoms with Crippen molar-refractivity contribution in [2.45, 2.75) is 26.2 Å². The Morgan fingerprint density at radius 2 is 1.89 bits per heavy atom. The quantitative estimate of drug-likeness (QED) is 0.693. The number of rotatable bonds is 6. The second kappa shape index (κ2) is 5.95. The fraction of sp³-hybridized carbons (Fsp3) is 0.455. The first-order valence-corrected chi connectivity index (χ1v) is 5.49. The molecule has 3 N–H and O–H groups in total. The zero-order chi connectivity index (χ0) is 13.7. The van der Waals surface area contributed by atoms with Gasteiger partial charge in [-0.2, -0.15) is 0 Å². The minimum Gasteiger partial charge on any atom is -0.492 e. The van der Waals surface area contributed by atoms with E-state index in [2.05, 4.69) is 0 Å². The number of aliphatic carboxylic acids is 1. The van der Waals surface area contributed by atoms with E-state index in [0.29, 0.717) is 11.2 Å². The van der Waals surface area contributed by atoms with Crippen molar-refractivity contribution in [2.75, 3.05) is 0 Å². The summed E-state index contributed by atoms with van der Waals surface area (Å²) >= 11 is 0. The number of hydrogen-bond acceptors (Lipinski definition) is 5. The highest BCUT2D eigenvalue weighted by Gasteiger charge is 2.22. The highest BCUT2D eigenvalue weighted by Crippen LogP contribution is 2.20. The lowest BCUT2D eigenvalue weighted by Crippen LogP contribution is -2.27. The van der Waals surface area contributed by atoms with Gasteiger partial charge in [0, 0.05) is 18.6 Å². The first kappa shape index (κ1) is 13.9. The smallest absolute Gasteiger partial charge is 0.336 e. The summed E-state index contributed by atoms with van der Waals surface area (Å²) in [5, 5.41) is 27.1. The summed E-state index contributed by atoms with van der Waals surface area (Å²) in [6.07, 6.45) is 0.416. The van der Waals surface area contributed by atoms with Gasteiger partial charge in [-0.05, 0) is 12.8 Å². The van der Waals surface area contributed by atoms with Crippen molar-refractivity contribution in [3.05, 3.63) is 12.1 Å². The van der Waals surface area contributed by atoms with Crippen LogP contribution in [0.1, 0.15) is 26.2 Å². The molecule has 0 saturated carbocycles. The number of carbonyl (C=O) groups excluding carboxylic acids is 1. The molecule has 1 rings (SSSR count). The van der Waals surface area contributed by atoms with E-state index in [1.54, 1.807) is 6.92 Å². The van der Waals surface area contributed by atoms with Crippen LogP contribution < -0.4 is 4.84 Å². The average molecular weight is 257 g/mol. The zero-order valence-corrected chi connectivity index (χ0v) is 9.87. The molecule has 1 aromatic rings. The van der Waals surface area contributed by atoms with Crippen LogP contribution >= 0.6 is 0 Å². The topological polar surface area (TPSA) is 109 Å². The van der Waals surface area contributed by atoms with E-state index in [1.165, 1.54) is 12.1 Å². The van der Waals surface area contributed by atoms with E-state index in [9.17, 15) is 19.8 Å². The van der Waals surface area contributed by atoms with E-state index in [0.717, 1.165) is 0 Å². The summed E-state index contributed by atoms with van der Waals surface area (Å²) in [4.78, 5) is 26.9. The Hall–Kier alpha value is -2.18. The molecule has 0 aliphatic rings. The van der Waals surface area contributed by atoms with Crippen LogP contribution in [0.25, 0.3) is 0 Å². The summed E-state index contributed by atoms with van der Waals surface area (Å²) in [6.45, 7) is 1.73. The number of carbonyl (C=O) groups is 2. The third kappa shape index (κ3) is 3.41. The summed E-state index contributed by atoms with van der Waals surface area (Å²) in [5.74, 6) is -3.10. The van der Waals surface area contributed by atoms with Crippen molar-refractivity contribution < 1.29 is 29.7 Å². The number of aromatic nitrogens is 1. The Labute approximate surface area is 103 Å². The molecule has 100 valence electrons. The van der Waals surface area contributed by atoms with Crippen LogP contribution in [0.2, 0.25) is 0 Å². The lowest BCUT2D eigenvalue weighted by molar-refractivity contribution is -0.151. The molecule has 1 atom stereocenters. The van der Waals surface area contributed by atoms with Gasteiger partial charge in [-0.1, -0.05) is 6.92 Å². The highest BCUT2D eigenvalue weighted by atomic mass is 16.7. The number of aromatic hydroxyl groups is 2. The summed E-state index contributed by atoms with van der Waals surface area (Å²) in [7, 11) is 0. The van der Waals surface area contributed by atoms with Crippen LogP contribution in [0.4, 0.5) is 0 Å². The fourth-order valence-electron chi connectivity index (χ4n) is 1.45. The molecular weight excluding hydrogens is 242 g/mol. The molecule has 0 amide bonds. The Balaban J connectivity index is 2.65. The van der Waals surface area contributed by atoms with E-state index in [1.807, 2.05) is 0 Å². The van der Waals surface area contributed by atoms with Crippen LogP contribution in [-0.4, -0.2) is 32.0 Å². The Morgan fingerprint density at radius 3 is 2.33 bits per heavy atom. The second-order valence-corrected chi connectivity index (χ2v) is 3.79. The minimum atomic E-state index is -0.993. The number of nitrogens with zero attached hydrogens (tertiary/aromatic N) is 1. The molecule has 1 heterocycles.